The molecule has 0 atom stereocenters. The van der Waals surface area contributed by atoms with Gasteiger partial charge in [0, 0.05) is 18.6 Å². The lowest BCUT2D eigenvalue weighted by molar-refractivity contribution is 0.0983. The molecule has 0 bridgehead atoms. The molecule has 0 aliphatic heterocycles. The van der Waals surface area contributed by atoms with Gasteiger partial charge >= 0.3 is 0 Å². The molecule has 0 saturated heterocycles. The molecule has 0 unspecified atom stereocenters. The Bertz CT molecular complexity index is 658. The van der Waals surface area contributed by atoms with Gasteiger partial charge in [0.1, 0.15) is 17.5 Å². The fourth-order valence-corrected chi connectivity index (χ4v) is 1.75. The first-order valence-corrected chi connectivity index (χ1v) is 5.50. The van der Waals surface area contributed by atoms with Gasteiger partial charge in [0.25, 0.3) is 0 Å². The Kier molecular flexibility index (Phi) is 3.83. The Morgan fingerprint density at radius 1 is 0.900 bits per heavy atom. The van der Waals surface area contributed by atoms with E-state index in [0.29, 0.717) is 12.1 Å². The Labute approximate surface area is 110 Å². The maximum atomic E-state index is 13.4. The molecule has 0 saturated carbocycles. The zero-order chi connectivity index (χ0) is 14.9. The minimum absolute atomic E-state index is 0.335. The Morgan fingerprint density at radius 3 is 2.10 bits per heavy atom. The zero-order valence-electron chi connectivity index (χ0n) is 9.89. The summed E-state index contributed by atoms with van der Waals surface area (Å²) in [5.41, 5.74) is -1.31. The van der Waals surface area contributed by atoms with Crippen molar-refractivity contribution in [2.24, 2.45) is 0 Å². The second kappa shape index (κ2) is 5.40. The van der Waals surface area contributed by atoms with Gasteiger partial charge in [-0.3, -0.25) is 4.79 Å². The largest absolute Gasteiger partial charge is 0.294 e. The van der Waals surface area contributed by atoms with Crippen molar-refractivity contribution >= 4 is 5.78 Å². The van der Waals surface area contributed by atoms with Crippen LogP contribution in [0.3, 0.4) is 0 Å². The van der Waals surface area contributed by atoms with Crippen LogP contribution in [0.2, 0.25) is 0 Å². The molecule has 1 nitrogen and oxygen atoms in total. The number of benzene rings is 2. The molecule has 0 amide bonds. The van der Waals surface area contributed by atoms with E-state index in [9.17, 15) is 26.7 Å². The van der Waals surface area contributed by atoms with Crippen LogP contribution in [0.5, 0.6) is 0 Å². The van der Waals surface area contributed by atoms with Crippen molar-refractivity contribution in [2.45, 2.75) is 6.42 Å². The highest BCUT2D eigenvalue weighted by Crippen LogP contribution is 2.19. The molecule has 2 aromatic carbocycles. The first kappa shape index (κ1) is 14.2. The van der Waals surface area contributed by atoms with E-state index in [-0.39, 0.29) is 5.56 Å². The normalized spacial score (nSPS) is 10.7. The molecule has 0 aliphatic carbocycles. The van der Waals surface area contributed by atoms with Crippen molar-refractivity contribution in [3.8, 4) is 0 Å². The number of carbonyl (C=O) groups is 1. The summed E-state index contributed by atoms with van der Waals surface area (Å²) in [7, 11) is 0. The third-order valence-corrected chi connectivity index (χ3v) is 2.67. The lowest BCUT2D eigenvalue weighted by Gasteiger charge is -2.06. The fraction of sp³-hybridized carbons (Fsp3) is 0.0714. The molecule has 2 rings (SSSR count). The van der Waals surface area contributed by atoms with Crippen molar-refractivity contribution in [1.29, 1.82) is 0 Å². The monoisotopic (exact) mass is 286 g/mol. The quantitative estimate of drug-likeness (QED) is 0.619. The van der Waals surface area contributed by atoms with Gasteiger partial charge in [0.05, 0.1) is 5.56 Å². The van der Waals surface area contributed by atoms with Crippen LogP contribution in [-0.2, 0) is 6.42 Å². The highest BCUT2D eigenvalue weighted by Gasteiger charge is 2.21. The lowest BCUT2D eigenvalue weighted by Crippen LogP contribution is -2.11. The van der Waals surface area contributed by atoms with Crippen LogP contribution in [-0.4, -0.2) is 5.78 Å². The number of ketones is 1. The van der Waals surface area contributed by atoms with Crippen LogP contribution < -0.4 is 0 Å². The maximum absolute atomic E-state index is 13.4. The summed E-state index contributed by atoms with van der Waals surface area (Å²) in [5.74, 6) is -7.48. The van der Waals surface area contributed by atoms with E-state index in [1.54, 1.807) is 0 Å². The average molecular weight is 286 g/mol. The molecular weight excluding hydrogens is 279 g/mol. The Balaban J connectivity index is 2.36. The summed E-state index contributed by atoms with van der Waals surface area (Å²) in [6.45, 7) is 0. The van der Waals surface area contributed by atoms with Crippen molar-refractivity contribution in [1.82, 2.24) is 0 Å². The SMILES string of the molecule is O=C(Cc1cccc(F)c1F)c1c(F)cc(F)cc1F. The van der Waals surface area contributed by atoms with Gasteiger partial charge in [-0.25, -0.2) is 22.0 Å². The molecule has 0 radical (unpaired) electrons. The maximum Gasteiger partial charge on any atom is 0.173 e. The van der Waals surface area contributed by atoms with E-state index in [4.69, 9.17) is 0 Å². The molecule has 20 heavy (non-hydrogen) atoms. The zero-order valence-corrected chi connectivity index (χ0v) is 9.89. The minimum atomic E-state index is -1.38. The number of carbonyl (C=O) groups excluding carboxylic acids is 1. The van der Waals surface area contributed by atoms with Gasteiger partial charge in [-0.1, -0.05) is 12.1 Å². The smallest absolute Gasteiger partial charge is 0.173 e. The number of rotatable bonds is 3. The molecule has 0 N–H and O–H groups in total. The summed E-state index contributed by atoms with van der Waals surface area (Å²) in [5, 5.41) is 0. The Hall–Kier alpha value is -2.24. The first-order chi connectivity index (χ1) is 9.40. The summed E-state index contributed by atoms with van der Waals surface area (Å²) in [6.07, 6.45) is -0.733. The third-order valence-electron chi connectivity index (χ3n) is 2.67. The van der Waals surface area contributed by atoms with E-state index in [1.165, 1.54) is 6.07 Å². The first-order valence-electron chi connectivity index (χ1n) is 5.50. The number of Topliss-reactive ketones (excluding diaryl/α,β-unsaturated/α-hetero) is 1. The second-order valence-electron chi connectivity index (χ2n) is 4.06. The van der Waals surface area contributed by atoms with Crippen molar-refractivity contribution in [2.75, 3.05) is 0 Å². The number of halogens is 5. The molecule has 104 valence electrons. The van der Waals surface area contributed by atoms with Crippen LogP contribution in [0.4, 0.5) is 22.0 Å². The van der Waals surface area contributed by atoms with Gasteiger partial charge in [-0.2, -0.15) is 0 Å². The standard InChI is InChI=1S/C14H7F5O/c15-8-5-10(17)13(11(18)6-8)12(20)4-7-2-1-3-9(16)14(7)19/h1-3,5-6H,4H2. The second-order valence-corrected chi connectivity index (χ2v) is 4.06. The highest BCUT2D eigenvalue weighted by molar-refractivity contribution is 5.98. The van der Waals surface area contributed by atoms with Crippen molar-refractivity contribution in [3.05, 3.63) is 70.5 Å². The molecule has 2 aromatic rings. The van der Waals surface area contributed by atoms with E-state index in [1.807, 2.05) is 0 Å². The van der Waals surface area contributed by atoms with Crippen LogP contribution in [0, 0.1) is 29.1 Å². The predicted molar refractivity (Wildman–Crippen MR) is 60.7 cm³/mol. The van der Waals surface area contributed by atoms with Crippen molar-refractivity contribution < 1.29 is 26.7 Å². The molecule has 0 fully saturated rings. The summed E-state index contributed by atoms with van der Waals surface area (Å²) in [4.78, 5) is 11.7. The van der Waals surface area contributed by atoms with E-state index in [2.05, 4.69) is 0 Å². The van der Waals surface area contributed by atoms with Gasteiger partial charge in [-0.15, -0.1) is 0 Å². The lowest BCUT2D eigenvalue weighted by atomic mass is 10.0. The molecule has 6 heteroatoms. The minimum Gasteiger partial charge on any atom is -0.294 e. The summed E-state index contributed by atoms with van der Waals surface area (Å²) >= 11 is 0. The number of hydrogen-bond donors (Lipinski definition) is 0. The van der Waals surface area contributed by atoms with Crippen LogP contribution >= 0.6 is 0 Å². The van der Waals surface area contributed by atoms with Gasteiger partial charge in [0.15, 0.2) is 17.4 Å². The van der Waals surface area contributed by atoms with Gasteiger partial charge in [0.2, 0.25) is 0 Å². The molecule has 0 spiro atoms. The third kappa shape index (κ3) is 2.68. The topological polar surface area (TPSA) is 17.1 Å². The highest BCUT2D eigenvalue weighted by atomic mass is 19.2. The molecule has 0 heterocycles. The molecule has 0 aromatic heterocycles. The Morgan fingerprint density at radius 2 is 1.50 bits per heavy atom. The van der Waals surface area contributed by atoms with Gasteiger partial charge < -0.3 is 0 Å². The number of hydrogen-bond acceptors (Lipinski definition) is 1. The van der Waals surface area contributed by atoms with Crippen LogP contribution in [0.25, 0.3) is 0 Å². The van der Waals surface area contributed by atoms with E-state index < -0.39 is 46.9 Å². The summed E-state index contributed by atoms with van der Waals surface area (Å²) < 4.78 is 65.8. The van der Waals surface area contributed by atoms with Crippen LogP contribution in [0.1, 0.15) is 15.9 Å². The molecular formula is C14H7F5O. The van der Waals surface area contributed by atoms with Crippen LogP contribution in [0.15, 0.2) is 30.3 Å². The molecule has 0 aliphatic rings. The van der Waals surface area contributed by atoms with E-state index in [0.717, 1.165) is 12.1 Å². The predicted octanol–water partition coefficient (Wildman–Crippen LogP) is 3.81. The fourth-order valence-electron chi connectivity index (χ4n) is 1.75. The average Bonchev–Trinajstić information content (AvgIpc) is 2.33. The van der Waals surface area contributed by atoms with E-state index >= 15 is 0 Å². The summed E-state index contributed by atoms with van der Waals surface area (Å²) in [6, 6.07) is 3.83. The van der Waals surface area contributed by atoms with Gasteiger partial charge in [-0.05, 0) is 11.6 Å². The van der Waals surface area contributed by atoms with Crippen molar-refractivity contribution in [3.63, 3.8) is 0 Å².